The van der Waals surface area contributed by atoms with E-state index in [1.165, 1.54) is 12.2 Å². The van der Waals surface area contributed by atoms with Gasteiger partial charge in [-0.1, -0.05) is 12.2 Å². The molecule has 1 aliphatic rings. The van der Waals surface area contributed by atoms with Crippen LogP contribution in [0.15, 0.2) is 24.0 Å². The van der Waals surface area contributed by atoms with Crippen LogP contribution in [0.25, 0.3) is 0 Å². The first kappa shape index (κ1) is 10.2. The number of hydrogen-bond donors (Lipinski definition) is 2. The number of aliphatic hydroxyl groups is 1. The van der Waals surface area contributed by atoms with Gasteiger partial charge in [-0.2, -0.15) is 0 Å². The summed E-state index contributed by atoms with van der Waals surface area (Å²) in [6.45, 7) is 0. The van der Waals surface area contributed by atoms with Gasteiger partial charge in [-0.15, -0.1) is 0 Å². The van der Waals surface area contributed by atoms with Crippen LogP contribution in [0.5, 0.6) is 0 Å². The lowest BCUT2D eigenvalue weighted by molar-refractivity contribution is -0.515. The highest BCUT2D eigenvalue weighted by Crippen LogP contribution is 2.17. The van der Waals surface area contributed by atoms with Crippen LogP contribution in [-0.4, -0.2) is 27.1 Å². The van der Waals surface area contributed by atoms with Crippen molar-refractivity contribution in [2.75, 3.05) is 0 Å². The lowest BCUT2D eigenvalue weighted by atomic mass is 10.1. The maximum atomic E-state index is 10.6. The van der Waals surface area contributed by atoms with Crippen LogP contribution >= 0.6 is 0 Å². The number of rotatable bonds is 2. The Labute approximate surface area is 79.3 Å². The maximum absolute atomic E-state index is 10.6. The third kappa shape index (κ3) is 2.09. The molecule has 0 aromatic carbocycles. The summed E-state index contributed by atoms with van der Waals surface area (Å²) >= 11 is 0. The summed E-state index contributed by atoms with van der Waals surface area (Å²) in [7, 11) is 0. The van der Waals surface area contributed by atoms with E-state index < -0.39 is 28.6 Å². The topological polar surface area (TPSA) is 101 Å². The molecule has 0 fully saturated rings. The van der Waals surface area contributed by atoms with E-state index in [1.54, 1.807) is 0 Å². The number of carboxylic acid groups (broad SMARTS) is 1. The monoisotopic (exact) mass is 199 g/mol. The molecule has 0 saturated carbocycles. The molecule has 0 aromatic rings. The standard InChI is InChI=1S/C8H9NO5/c10-7-4-5(8(11)12)2-1-3-6(7)9(13)14/h1-2,4-6,10H,3H2,(H,11,12). The van der Waals surface area contributed by atoms with Crippen molar-refractivity contribution in [3.8, 4) is 0 Å². The quantitative estimate of drug-likeness (QED) is 0.388. The van der Waals surface area contributed by atoms with Gasteiger partial charge in [0, 0.05) is 11.3 Å². The largest absolute Gasteiger partial charge is 0.506 e. The molecule has 0 spiro atoms. The normalized spacial score (nSPS) is 26.4. The first-order chi connectivity index (χ1) is 6.52. The van der Waals surface area contributed by atoms with E-state index in [-0.39, 0.29) is 6.42 Å². The van der Waals surface area contributed by atoms with E-state index in [9.17, 15) is 20.0 Å². The fraction of sp³-hybridized carbons (Fsp3) is 0.375. The molecular formula is C8H9NO5. The summed E-state index contributed by atoms with van der Waals surface area (Å²) in [5.74, 6) is -2.62. The average Bonchev–Trinajstić information content (AvgIpc) is 2.26. The third-order valence-corrected chi connectivity index (χ3v) is 1.93. The summed E-state index contributed by atoms with van der Waals surface area (Å²) in [5.41, 5.74) is 0. The lowest BCUT2D eigenvalue weighted by Crippen LogP contribution is -2.21. The minimum Gasteiger partial charge on any atom is -0.506 e. The van der Waals surface area contributed by atoms with E-state index in [0.717, 1.165) is 6.08 Å². The van der Waals surface area contributed by atoms with Crippen LogP contribution in [0.3, 0.4) is 0 Å². The molecular weight excluding hydrogens is 190 g/mol. The number of hydrogen-bond acceptors (Lipinski definition) is 4. The second-order valence-electron chi connectivity index (χ2n) is 2.92. The highest BCUT2D eigenvalue weighted by Gasteiger charge is 2.28. The predicted molar refractivity (Wildman–Crippen MR) is 46.4 cm³/mol. The number of nitro groups is 1. The van der Waals surface area contributed by atoms with Crippen molar-refractivity contribution >= 4 is 5.97 Å². The molecule has 76 valence electrons. The molecule has 0 heterocycles. The Bertz CT molecular complexity index is 320. The Kier molecular flexibility index (Phi) is 2.85. The fourth-order valence-electron chi connectivity index (χ4n) is 1.17. The summed E-state index contributed by atoms with van der Waals surface area (Å²) in [6, 6.07) is -1.23. The minimum atomic E-state index is -1.23. The van der Waals surface area contributed by atoms with Crippen LogP contribution < -0.4 is 0 Å². The van der Waals surface area contributed by atoms with Crippen molar-refractivity contribution in [3.05, 3.63) is 34.1 Å². The second-order valence-corrected chi connectivity index (χ2v) is 2.92. The number of carbonyl (C=O) groups is 1. The maximum Gasteiger partial charge on any atom is 0.314 e. The molecule has 14 heavy (non-hydrogen) atoms. The molecule has 0 saturated heterocycles. The molecule has 2 unspecified atom stereocenters. The first-order valence-corrected chi connectivity index (χ1v) is 3.96. The van der Waals surface area contributed by atoms with Gasteiger partial charge in [-0.3, -0.25) is 14.9 Å². The zero-order valence-corrected chi connectivity index (χ0v) is 7.16. The van der Waals surface area contributed by atoms with Crippen LogP contribution in [0, 0.1) is 16.0 Å². The summed E-state index contributed by atoms with van der Waals surface area (Å²) < 4.78 is 0. The number of aliphatic hydroxyl groups excluding tert-OH is 1. The van der Waals surface area contributed by atoms with Gasteiger partial charge in [0.2, 0.25) is 0 Å². The fourth-order valence-corrected chi connectivity index (χ4v) is 1.17. The zero-order chi connectivity index (χ0) is 10.7. The van der Waals surface area contributed by atoms with Gasteiger partial charge in [-0.05, 0) is 6.08 Å². The predicted octanol–water partition coefficient (Wildman–Crippen LogP) is 0.734. The molecule has 0 aromatic heterocycles. The van der Waals surface area contributed by atoms with Gasteiger partial charge >= 0.3 is 5.97 Å². The van der Waals surface area contributed by atoms with Gasteiger partial charge < -0.3 is 10.2 Å². The van der Waals surface area contributed by atoms with Crippen molar-refractivity contribution in [2.24, 2.45) is 5.92 Å². The number of carboxylic acids is 1. The Morgan fingerprint density at radius 3 is 2.79 bits per heavy atom. The van der Waals surface area contributed by atoms with Crippen molar-refractivity contribution in [3.63, 3.8) is 0 Å². The summed E-state index contributed by atoms with van der Waals surface area (Å²) in [5, 5.41) is 28.3. The Morgan fingerprint density at radius 1 is 1.64 bits per heavy atom. The van der Waals surface area contributed by atoms with E-state index in [4.69, 9.17) is 5.11 Å². The van der Waals surface area contributed by atoms with Crippen LogP contribution in [-0.2, 0) is 4.79 Å². The van der Waals surface area contributed by atoms with Gasteiger partial charge in [0.1, 0.15) is 0 Å². The third-order valence-electron chi connectivity index (χ3n) is 1.93. The molecule has 2 N–H and O–H groups in total. The summed E-state index contributed by atoms with van der Waals surface area (Å²) in [4.78, 5) is 20.3. The smallest absolute Gasteiger partial charge is 0.314 e. The van der Waals surface area contributed by atoms with Crippen LogP contribution in [0.2, 0.25) is 0 Å². The Balaban J connectivity index is 2.93. The van der Waals surface area contributed by atoms with Crippen molar-refractivity contribution in [1.82, 2.24) is 0 Å². The molecule has 1 aliphatic carbocycles. The van der Waals surface area contributed by atoms with Crippen LogP contribution in [0.1, 0.15) is 6.42 Å². The van der Waals surface area contributed by atoms with Crippen molar-refractivity contribution in [2.45, 2.75) is 12.5 Å². The van der Waals surface area contributed by atoms with E-state index >= 15 is 0 Å². The minimum absolute atomic E-state index is 0.0130. The SMILES string of the molecule is O=C(O)C1C=CCC([N+](=O)[O-])C(O)=C1. The average molecular weight is 199 g/mol. The number of nitrogens with zero attached hydrogens (tertiary/aromatic N) is 1. The van der Waals surface area contributed by atoms with Gasteiger partial charge in [0.05, 0.1) is 5.92 Å². The van der Waals surface area contributed by atoms with Crippen LogP contribution in [0.4, 0.5) is 0 Å². The van der Waals surface area contributed by atoms with E-state index in [2.05, 4.69) is 0 Å². The van der Waals surface area contributed by atoms with E-state index in [0.29, 0.717) is 0 Å². The van der Waals surface area contributed by atoms with Gasteiger partial charge in [0.15, 0.2) is 5.76 Å². The highest BCUT2D eigenvalue weighted by atomic mass is 16.6. The molecule has 0 bridgehead atoms. The van der Waals surface area contributed by atoms with Crippen molar-refractivity contribution in [1.29, 1.82) is 0 Å². The zero-order valence-electron chi connectivity index (χ0n) is 7.16. The van der Waals surface area contributed by atoms with Gasteiger partial charge in [0.25, 0.3) is 6.04 Å². The molecule has 6 heteroatoms. The second kappa shape index (κ2) is 3.91. The first-order valence-electron chi connectivity index (χ1n) is 3.96. The van der Waals surface area contributed by atoms with Gasteiger partial charge in [-0.25, -0.2) is 0 Å². The Morgan fingerprint density at radius 2 is 2.29 bits per heavy atom. The van der Waals surface area contributed by atoms with E-state index in [1.807, 2.05) is 0 Å². The molecule has 0 radical (unpaired) electrons. The number of aliphatic carboxylic acids is 1. The highest BCUT2D eigenvalue weighted by molar-refractivity contribution is 5.74. The molecule has 1 rings (SSSR count). The molecule has 2 atom stereocenters. The molecule has 6 nitrogen and oxygen atoms in total. The lowest BCUT2D eigenvalue weighted by Gasteiger charge is -2.04. The molecule has 0 amide bonds. The van der Waals surface area contributed by atoms with Crippen molar-refractivity contribution < 1.29 is 19.9 Å². The Hall–Kier alpha value is -1.85. The molecule has 0 aliphatic heterocycles. The summed E-state index contributed by atoms with van der Waals surface area (Å²) in [6.07, 6.45) is 3.71.